The Balaban J connectivity index is 1.80. The van der Waals surface area contributed by atoms with Gasteiger partial charge in [-0.3, -0.25) is 4.79 Å². The number of nitrogens with zero attached hydrogens (tertiary/aromatic N) is 6. The van der Waals surface area contributed by atoms with Crippen molar-refractivity contribution in [3.05, 3.63) is 41.3 Å². The van der Waals surface area contributed by atoms with Crippen molar-refractivity contribution in [1.82, 2.24) is 24.6 Å². The van der Waals surface area contributed by atoms with E-state index in [0.29, 0.717) is 6.42 Å². The Morgan fingerprint density at radius 3 is 2.41 bits per heavy atom. The number of anilines is 1. The lowest BCUT2D eigenvalue weighted by Gasteiger charge is -2.35. The number of hydrogen-bond donors (Lipinski definition) is 0. The number of carbonyl (C=O) groups is 1. The maximum atomic E-state index is 12.0. The van der Waals surface area contributed by atoms with Crippen molar-refractivity contribution in [2.75, 3.05) is 31.1 Å². The molecule has 7 nitrogen and oxygen atoms in total. The molecular formula is C22H28N6O. The van der Waals surface area contributed by atoms with Gasteiger partial charge in [0.2, 0.25) is 5.91 Å². The molecule has 2 aromatic heterocycles. The van der Waals surface area contributed by atoms with Crippen LogP contribution in [0.5, 0.6) is 0 Å². The number of rotatable bonds is 4. The zero-order valence-corrected chi connectivity index (χ0v) is 17.6. The van der Waals surface area contributed by atoms with Gasteiger partial charge in [-0.1, -0.05) is 32.0 Å². The summed E-state index contributed by atoms with van der Waals surface area (Å²) in [7, 11) is 0. The lowest BCUT2D eigenvalue weighted by molar-refractivity contribution is -0.131. The molecule has 1 aliphatic heterocycles. The van der Waals surface area contributed by atoms with Crippen molar-refractivity contribution in [2.45, 2.75) is 40.5 Å². The normalized spacial score (nSPS) is 14.6. The van der Waals surface area contributed by atoms with E-state index in [0.717, 1.165) is 72.2 Å². The van der Waals surface area contributed by atoms with E-state index in [9.17, 15) is 4.79 Å². The van der Waals surface area contributed by atoms with Gasteiger partial charge in [0, 0.05) is 39.0 Å². The van der Waals surface area contributed by atoms with Gasteiger partial charge < -0.3 is 9.80 Å². The predicted octanol–water partition coefficient (Wildman–Crippen LogP) is 3.05. The quantitative estimate of drug-likeness (QED) is 0.683. The Hall–Kier alpha value is -2.96. The Morgan fingerprint density at radius 1 is 1.03 bits per heavy atom. The monoisotopic (exact) mass is 392 g/mol. The van der Waals surface area contributed by atoms with Crippen molar-refractivity contribution in [1.29, 1.82) is 0 Å². The summed E-state index contributed by atoms with van der Waals surface area (Å²) in [6.45, 7) is 11.1. The average Bonchev–Trinajstić information content (AvgIpc) is 3.09. The van der Waals surface area contributed by atoms with Crippen molar-refractivity contribution in [3.8, 4) is 5.69 Å². The highest BCUT2D eigenvalue weighted by Crippen LogP contribution is 2.30. The molecule has 0 saturated carbocycles. The van der Waals surface area contributed by atoms with Crippen LogP contribution >= 0.6 is 0 Å². The molecule has 1 amide bonds. The van der Waals surface area contributed by atoms with E-state index in [1.807, 2.05) is 35.6 Å². The zero-order chi connectivity index (χ0) is 20.5. The summed E-state index contributed by atoms with van der Waals surface area (Å²) in [5.41, 5.74) is 3.97. The molecule has 3 heterocycles. The molecule has 1 saturated heterocycles. The van der Waals surface area contributed by atoms with Gasteiger partial charge in [-0.25, -0.2) is 14.6 Å². The van der Waals surface area contributed by atoms with Crippen molar-refractivity contribution in [2.24, 2.45) is 0 Å². The lowest BCUT2D eigenvalue weighted by Crippen LogP contribution is -2.49. The van der Waals surface area contributed by atoms with Crippen LogP contribution in [0.1, 0.15) is 37.4 Å². The van der Waals surface area contributed by atoms with Crippen LogP contribution in [-0.4, -0.2) is 56.7 Å². The molecule has 3 aromatic rings. The summed E-state index contributed by atoms with van der Waals surface area (Å²) in [6.07, 6.45) is 1.31. The van der Waals surface area contributed by atoms with Gasteiger partial charge in [0.05, 0.1) is 16.8 Å². The lowest BCUT2D eigenvalue weighted by atomic mass is 10.2. The van der Waals surface area contributed by atoms with Crippen molar-refractivity contribution < 1.29 is 4.79 Å². The maximum Gasteiger partial charge on any atom is 0.222 e. The number of piperazine rings is 1. The highest BCUT2D eigenvalue weighted by Gasteiger charge is 2.25. The zero-order valence-electron chi connectivity index (χ0n) is 17.6. The summed E-state index contributed by atoms with van der Waals surface area (Å²) in [5.74, 6) is 1.97. The molecule has 0 unspecified atom stereocenters. The van der Waals surface area contributed by atoms with E-state index >= 15 is 0 Å². The standard InChI is InChI=1S/C22H28N6O/c1-5-18-23-21(27-13-11-26(12-14-27)19(29)6-2)20-16(4)25-28(22(20)24-18)17-10-8-7-9-15(17)3/h7-10H,5-6,11-14H2,1-4H3. The first kappa shape index (κ1) is 19.4. The van der Waals surface area contributed by atoms with Crippen LogP contribution in [0.2, 0.25) is 0 Å². The second-order valence-corrected chi connectivity index (χ2v) is 7.52. The van der Waals surface area contributed by atoms with E-state index in [1.165, 1.54) is 0 Å². The van der Waals surface area contributed by atoms with Gasteiger partial charge in [0.25, 0.3) is 0 Å². The fraction of sp³-hybridized carbons (Fsp3) is 0.455. The van der Waals surface area contributed by atoms with E-state index in [-0.39, 0.29) is 5.91 Å². The third-order valence-electron chi connectivity index (χ3n) is 5.62. The largest absolute Gasteiger partial charge is 0.352 e. The molecule has 0 spiro atoms. The fourth-order valence-electron chi connectivity index (χ4n) is 3.95. The molecule has 29 heavy (non-hydrogen) atoms. The van der Waals surface area contributed by atoms with Crippen LogP contribution in [0, 0.1) is 13.8 Å². The Bertz CT molecular complexity index is 1050. The molecule has 0 aliphatic carbocycles. The molecule has 0 bridgehead atoms. The number of para-hydroxylation sites is 1. The summed E-state index contributed by atoms with van der Waals surface area (Å²) in [5, 5.41) is 5.83. The van der Waals surface area contributed by atoms with Gasteiger partial charge in [0.1, 0.15) is 11.6 Å². The topological polar surface area (TPSA) is 67.2 Å². The molecule has 7 heteroatoms. The Morgan fingerprint density at radius 2 is 1.76 bits per heavy atom. The first-order valence-corrected chi connectivity index (χ1v) is 10.4. The SMILES string of the molecule is CCC(=O)N1CCN(c2nc(CC)nc3c2c(C)nn3-c2ccccc2C)CC1. The van der Waals surface area contributed by atoms with Gasteiger partial charge in [-0.15, -0.1) is 0 Å². The van der Waals surface area contributed by atoms with Crippen LogP contribution in [0.3, 0.4) is 0 Å². The molecular weight excluding hydrogens is 364 g/mol. The fourth-order valence-corrected chi connectivity index (χ4v) is 3.95. The molecule has 152 valence electrons. The summed E-state index contributed by atoms with van der Waals surface area (Å²) in [4.78, 5) is 26.0. The summed E-state index contributed by atoms with van der Waals surface area (Å²) in [6, 6.07) is 8.22. The number of hydrogen-bond acceptors (Lipinski definition) is 5. The van der Waals surface area contributed by atoms with Crippen LogP contribution in [0.4, 0.5) is 5.82 Å². The number of amides is 1. The first-order valence-electron chi connectivity index (χ1n) is 10.4. The molecule has 0 N–H and O–H groups in total. The summed E-state index contributed by atoms with van der Waals surface area (Å²) >= 11 is 0. The third-order valence-corrected chi connectivity index (χ3v) is 5.62. The Kier molecular flexibility index (Phi) is 5.22. The summed E-state index contributed by atoms with van der Waals surface area (Å²) < 4.78 is 1.95. The second-order valence-electron chi connectivity index (χ2n) is 7.52. The smallest absolute Gasteiger partial charge is 0.222 e. The number of benzene rings is 1. The minimum atomic E-state index is 0.218. The number of aryl methyl sites for hydroxylation is 3. The van der Waals surface area contributed by atoms with Crippen LogP contribution in [-0.2, 0) is 11.2 Å². The molecule has 1 fully saturated rings. The third kappa shape index (κ3) is 3.45. The van der Waals surface area contributed by atoms with Crippen LogP contribution in [0.25, 0.3) is 16.7 Å². The van der Waals surface area contributed by atoms with Crippen LogP contribution < -0.4 is 4.90 Å². The van der Waals surface area contributed by atoms with E-state index in [2.05, 4.69) is 30.9 Å². The van der Waals surface area contributed by atoms with Gasteiger partial charge in [-0.2, -0.15) is 5.10 Å². The van der Waals surface area contributed by atoms with E-state index < -0.39 is 0 Å². The highest BCUT2D eigenvalue weighted by molar-refractivity contribution is 5.91. The molecule has 1 aliphatic rings. The average molecular weight is 393 g/mol. The molecule has 1 aromatic carbocycles. The minimum absolute atomic E-state index is 0.218. The Labute approximate surface area is 171 Å². The molecule has 4 rings (SSSR count). The van der Waals surface area contributed by atoms with Gasteiger partial charge in [-0.05, 0) is 25.5 Å². The first-order chi connectivity index (χ1) is 14.0. The van der Waals surface area contributed by atoms with Gasteiger partial charge in [0.15, 0.2) is 5.65 Å². The second kappa shape index (κ2) is 7.81. The maximum absolute atomic E-state index is 12.0. The number of fused-ring (bicyclic) bond motifs is 1. The highest BCUT2D eigenvalue weighted by atomic mass is 16.2. The van der Waals surface area contributed by atoms with Crippen molar-refractivity contribution in [3.63, 3.8) is 0 Å². The predicted molar refractivity (Wildman–Crippen MR) is 115 cm³/mol. The number of carbonyl (C=O) groups excluding carboxylic acids is 1. The number of aromatic nitrogens is 4. The van der Waals surface area contributed by atoms with Crippen molar-refractivity contribution >= 4 is 22.8 Å². The van der Waals surface area contributed by atoms with Crippen LogP contribution in [0.15, 0.2) is 24.3 Å². The molecule has 0 atom stereocenters. The van der Waals surface area contributed by atoms with Gasteiger partial charge >= 0.3 is 0 Å². The van der Waals surface area contributed by atoms with E-state index in [4.69, 9.17) is 15.1 Å². The van der Waals surface area contributed by atoms with E-state index in [1.54, 1.807) is 0 Å². The molecule has 0 radical (unpaired) electrons. The minimum Gasteiger partial charge on any atom is -0.352 e.